The number of carbonyl (C=O) groups excluding carboxylic acids is 3. The van der Waals surface area contributed by atoms with Crippen LogP contribution in [0.4, 0.5) is 4.79 Å². The Balaban J connectivity index is 3.11. The summed E-state index contributed by atoms with van der Waals surface area (Å²) in [6, 6.07) is 5.04. The first-order valence-corrected chi connectivity index (χ1v) is 10.6. The Kier molecular flexibility index (Phi) is 9.82. The molecule has 0 bridgehead atoms. The van der Waals surface area contributed by atoms with Gasteiger partial charge >= 0.3 is 6.09 Å². The molecule has 0 aliphatic carbocycles. The fourth-order valence-corrected chi connectivity index (χ4v) is 3.24. The molecule has 0 aliphatic heterocycles. The lowest BCUT2D eigenvalue weighted by Crippen LogP contribution is -2.48. The normalized spacial score (nSPS) is 12.1. The average Bonchev–Trinajstić information content (AvgIpc) is 2.64. The Morgan fingerprint density at radius 1 is 1.07 bits per heavy atom. The minimum absolute atomic E-state index is 0.215. The number of benzene rings is 1. The fraction of sp³-hybridized carbons (Fsp3) is 0.609. The highest BCUT2D eigenvalue weighted by Gasteiger charge is 2.32. The van der Waals surface area contributed by atoms with Crippen LogP contribution in [0.2, 0.25) is 0 Å². The lowest BCUT2D eigenvalue weighted by atomic mass is 9.94. The van der Waals surface area contributed by atoms with Crippen molar-refractivity contribution in [3.8, 4) is 0 Å². The van der Waals surface area contributed by atoms with E-state index in [1.807, 2.05) is 39.0 Å². The highest BCUT2D eigenvalue weighted by Crippen LogP contribution is 2.27. The molecule has 0 spiro atoms. The third kappa shape index (κ3) is 7.69. The molecular weight excluding hydrogens is 382 g/mol. The number of likely N-dealkylation sites (N-methyl/N-ethyl adjacent to an activating group) is 1. The van der Waals surface area contributed by atoms with Crippen molar-refractivity contribution in [2.45, 2.75) is 73.0 Å². The van der Waals surface area contributed by atoms with E-state index in [-0.39, 0.29) is 18.4 Å². The van der Waals surface area contributed by atoms with E-state index in [9.17, 15) is 14.4 Å². The number of aryl methyl sites for hydroxylation is 2. The lowest BCUT2D eigenvalue weighted by Gasteiger charge is -2.32. The highest BCUT2D eigenvalue weighted by molar-refractivity contribution is 5.91. The number of rotatable bonds is 9. The third-order valence-corrected chi connectivity index (χ3v) is 4.65. The van der Waals surface area contributed by atoms with Gasteiger partial charge in [0.15, 0.2) is 0 Å². The molecule has 0 saturated carbocycles. The minimum atomic E-state index is -0.763. The van der Waals surface area contributed by atoms with Crippen LogP contribution in [0, 0.1) is 13.8 Å². The monoisotopic (exact) mass is 419 g/mol. The summed E-state index contributed by atoms with van der Waals surface area (Å²) in [5.41, 5.74) is 2.05. The van der Waals surface area contributed by atoms with Gasteiger partial charge in [0.1, 0.15) is 18.2 Å². The smallest absolute Gasteiger partial charge is 0.408 e. The quantitative estimate of drug-likeness (QED) is 0.598. The van der Waals surface area contributed by atoms with Gasteiger partial charge in [-0.1, -0.05) is 31.5 Å². The summed E-state index contributed by atoms with van der Waals surface area (Å²) >= 11 is 0. The van der Waals surface area contributed by atoms with Gasteiger partial charge in [0.2, 0.25) is 11.8 Å². The number of nitrogens with one attached hydrogen (secondary N) is 2. The van der Waals surface area contributed by atoms with Crippen LogP contribution in [0.25, 0.3) is 0 Å². The summed E-state index contributed by atoms with van der Waals surface area (Å²) in [5.74, 6) is -0.560. The average molecular weight is 420 g/mol. The predicted octanol–water partition coefficient (Wildman–Crippen LogP) is 3.63. The first-order chi connectivity index (χ1) is 14.0. The summed E-state index contributed by atoms with van der Waals surface area (Å²) in [5, 5.41) is 5.45. The second-order valence-electron chi connectivity index (χ2n) is 8.39. The van der Waals surface area contributed by atoms with Gasteiger partial charge in [-0.05, 0) is 64.7 Å². The van der Waals surface area contributed by atoms with Crippen molar-refractivity contribution >= 4 is 17.9 Å². The van der Waals surface area contributed by atoms with Crippen molar-refractivity contribution in [2.24, 2.45) is 0 Å². The van der Waals surface area contributed by atoms with E-state index >= 15 is 0 Å². The Bertz CT molecular complexity index is 720. The van der Waals surface area contributed by atoms with E-state index in [1.165, 1.54) is 4.90 Å². The van der Waals surface area contributed by atoms with Gasteiger partial charge in [-0.2, -0.15) is 0 Å². The second-order valence-corrected chi connectivity index (χ2v) is 8.39. The molecule has 0 aliphatic rings. The van der Waals surface area contributed by atoms with Crippen LogP contribution < -0.4 is 10.6 Å². The van der Waals surface area contributed by atoms with Crippen molar-refractivity contribution in [2.75, 3.05) is 19.6 Å². The van der Waals surface area contributed by atoms with E-state index in [0.29, 0.717) is 13.1 Å². The number of unbranched alkanes of at least 4 members (excludes halogenated alkanes) is 1. The topological polar surface area (TPSA) is 87.7 Å². The second kappa shape index (κ2) is 11.6. The van der Waals surface area contributed by atoms with Crippen molar-refractivity contribution in [3.05, 3.63) is 34.9 Å². The van der Waals surface area contributed by atoms with Crippen LogP contribution in [-0.2, 0) is 14.3 Å². The van der Waals surface area contributed by atoms with Crippen LogP contribution in [0.15, 0.2) is 18.2 Å². The number of hydrogen-bond donors (Lipinski definition) is 2. The number of hydrogen-bond acceptors (Lipinski definition) is 4. The summed E-state index contributed by atoms with van der Waals surface area (Å²) in [4.78, 5) is 39.6. The molecule has 0 radical (unpaired) electrons. The number of carbonyl (C=O) groups is 3. The Morgan fingerprint density at radius 2 is 1.67 bits per heavy atom. The molecule has 7 nitrogen and oxygen atoms in total. The van der Waals surface area contributed by atoms with E-state index in [4.69, 9.17) is 4.74 Å². The maximum Gasteiger partial charge on any atom is 0.408 e. The molecule has 1 aromatic rings. The largest absolute Gasteiger partial charge is 0.444 e. The molecule has 0 saturated heterocycles. The Morgan fingerprint density at radius 3 is 2.17 bits per heavy atom. The maximum atomic E-state index is 13.1. The van der Waals surface area contributed by atoms with Gasteiger partial charge in [0.25, 0.3) is 0 Å². The van der Waals surface area contributed by atoms with E-state index in [0.717, 1.165) is 29.5 Å². The Hall–Kier alpha value is -2.57. The SMILES string of the molecule is CCCCNC(=O)C(c1c(C)cccc1C)N(CC)C(=O)CNC(=O)OC(C)(C)C. The molecule has 3 amide bonds. The van der Waals surface area contributed by atoms with Gasteiger partial charge in [-0.3, -0.25) is 9.59 Å². The highest BCUT2D eigenvalue weighted by atomic mass is 16.6. The fourth-order valence-electron chi connectivity index (χ4n) is 3.24. The number of nitrogens with zero attached hydrogens (tertiary/aromatic N) is 1. The molecule has 0 aromatic heterocycles. The molecule has 1 aromatic carbocycles. The van der Waals surface area contributed by atoms with Gasteiger partial charge < -0.3 is 20.3 Å². The van der Waals surface area contributed by atoms with Crippen LogP contribution in [0.1, 0.15) is 70.2 Å². The van der Waals surface area contributed by atoms with Crippen molar-refractivity contribution in [3.63, 3.8) is 0 Å². The standard InChI is InChI=1S/C23H37N3O4/c1-8-10-14-24-21(28)20(19-16(3)12-11-13-17(19)4)26(9-2)18(27)15-25-22(29)30-23(5,6)7/h11-13,20H,8-10,14-15H2,1-7H3,(H,24,28)(H,25,29). The Labute approximate surface area is 180 Å². The number of amides is 3. The van der Waals surface area contributed by atoms with Crippen LogP contribution in [0.5, 0.6) is 0 Å². The third-order valence-electron chi connectivity index (χ3n) is 4.65. The van der Waals surface area contributed by atoms with Crippen molar-refractivity contribution in [1.82, 2.24) is 15.5 Å². The van der Waals surface area contributed by atoms with Gasteiger partial charge in [-0.15, -0.1) is 0 Å². The van der Waals surface area contributed by atoms with E-state index in [1.54, 1.807) is 20.8 Å². The molecule has 1 rings (SSSR count). The molecule has 2 N–H and O–H groups in total. The van der Waals surface area contributed by atoms with Gasteiger partial charge in [0.05, 0.1) is 0 Å². The molecule has 1 atom stereocenters. The van der Waals surface area contributed by atoms with Crippen LogP contribution >= 0.6 is 0 Å². The molecule has 0 fully saturated rings. The van der Waals surface area contributed by atoms with E-state index in [2.05, 4.69) is 17.6 Å². The first-order valence-electron chi connectivity index (χ1n) is 10.6. The zero-order valence-corrected chi connectivity index (χ0v) is 19.4. The van der Waals surface area contributed by atoms with Crippen molar-refractivity contribution in [1.29, 1.82) is 0 Å². The number of ether oxygens (including phenoxy) is 1. The molecule has 168 valence electrons. The molecule has 1 unspecified atom stereocenters. The van der Waals surface area contributed by atoms with Crippen LogP contribution in [0.3, 0.4) is 0 Å². The number of alkyl carbamates (subject to hydrolysis) is 1. The summed E-state index contributed by atoms with van der Waals surface area (Å²) in [7, 11) is 0. The van der Waals surface area contributed by atoms with Crippen LogP contribution in [-0.4, -0.2) is 48.0 Å². The molecule has 30 heavy (non-hydrogen) atoms. The summed E-state index contributed by atoms with van der Waals surface area (Å²) in [6.45, 7) is 13.7. The zero-order chi connectivity index (χ0) is 22.9. The molecular formula is C23H37N3O4. The minimum Gasteiger partial charge on any atom is -0.444 e. The van der Waals surface area contributed by atoms with Gasteiger partial charge in [-0.25, -0.2) is 4.79 Å². The van der Waals surface area contributed by atoms with E-state index < -0.39 is 17.7 Å². The summed E-state index contributed by atoms with van der Waals surface area (Å²) < 4.78 is 5.20. The predicted molar refractivity (Wildman–Crippen MR) is 118 cm³/mol. The maximum absolute atomic E-state index is 13.1. The molecule has 0 heterocycles. The molecule has 7 heteroatoms. The lowest BCUT2D eigenvalue weighted by molar-refractivity contribution is -0.140. The summed E-state index contributed by atoms with van der Waals surface area (Å²) in [6.07, 6.45) is 1.17. The zero-order valence-electron chi connectivity index (χ0n) is 19.4. The van der Waals surface area contributed by atoms with Crippen molar-refractivity contribution < 1.29 is 19.1 Å². The van der Waals surface area contributed by atoms with Gasteiger partial charge in [0, 0.05) is 13.1 Å². The first kappa shape index (κ1) is 25.5.